The number of morpholine rings is 1. The third-order valence-electron chi connectivity index (χ3n) is 4.07. The topological polar surface area (TPSA) is 80.2 Å². The van der Waals surface area contributed by atoms with E-state index in [1.807, 2.05) is 30.5 Å². The van der Waals surface area contributed by atoms with Gasteiger partial charge >= 0.3 is 0 Å². The lowest BCUT2D eigenvalue weighted by Crippen LogP contribution is -2.42. The monoisotopic (exact) mass is 387 g/mol. The number of benzene rings is 1. The Bertz CT molecular complexity index is 797. The summed E-state index contributed by atoms with van der Waals surface area (Å²) in [5.74, 6) is 0.332. The standard InChI is InChI=1S/C19H21N3O4S/c1-14(20-21-19(24)17-3-2-12-27-17)15-4-6-16(7-5-15)26-13-18(23)22-8-10-25-11-9-22/h2-7,12H,8-11,13H2,1H3,(H,21,24)/b20-14-. The molecule has 27 heavy (non-hydrogen) atoms. The highest BCUT2D eigenvalue weighted by Gasteiger charge is 2.17. The van der Waals surface area contributed by atoms with Crippen LogP contribution in [0, 0.1) is 0 Å². The van der Waals surface area contributed by atoms with Gasteiger partial charge in [0.15, 0.2) is 6.61 Å². The van der Waals surface area contributed by atoms with E-state index in [2.05, 4.69) is 10.5 Å². The number of thiophene rings is 1. The van der Waals surface area contributed by atoms with E-state index in [0.29, 0.717) is 42.6 Å². The third kappa shape index (κ3) is 5.38. The van der Waals surface area contributed by atoms with Crippen molar-refractivity contribution in [3.63, 3.8) is 0 Å². The molecule has 0 unspecified atom stereocenters. The van der Waals surface area contributed by atoms with Crippen molar-refractivity contribution in [1.82, 2.24) is 10.3 Å². The SMILES string of the molecule is C/C(=N/NC(=O)c1cccs1)c1ccc(OCC(=O)N2CCOCC2)cc1. The van der Waals surface area contributed by atoms with Crippen molar-refractivity contribution in [2.75, 3.05) is 32.9 Å². The van der Waals surface area contributed by atoms with E-state index >= 15 is 0 Å². The van der Waals surface area contributed by atoms with Gasteiger partial charge in [-0.25, -0.2) is 5.43 Å². The summed E-state index contributed by atoms with van der Waals surface area (Å²) in [4.78, 5) is 26.3. The maximum absolute atomic E-state index is 12.1. The molecular formula is C19H21N3O4S. The molecule has 0 radical (unpaired) electrons. The van der Waals surface area contributed by atoms with Crippen molar-refractivity contribution in [2.24, 2.45) is 5.10 Å². The Morgan fingerprint density at radius 3 is 2.63 bits per heavy atom. The van der Waals surface area contributed by atoms with Crippen LogP contribution in [0.2, 0.25) is 0 Å². The van der Waals surface area contributed by atoms with Crippen LogP contribution in [-0.4, -0.2) is 55.3 Å². The van der Waals surface area contributed by atoms with E-state index in [-0.39, 0.29) is 18.4 Å². The second-order valence-corrected chi connectivity index (χ2v) is 6.87. The molecule has 0 atom stereocenters. The van der Waals surface area contributed by atoms with Crippen molar-refractivity contribution in [1.29, 1.82) is 0 Å². The molecule has 2 aromatic rings. The molecule has 142 valence electrons. The molecular weight excluding hydrogens is 366 g/mol. The number of hydrazone groups is 1. The van der Waals surface area contributed by atoms with E-state index in [0.717, 1.165) is 5.56 Å². The van der Waals surface area contributed by atoms with Gasteiger partial charge in [0.2, 0.25) is 0 Å². The minimum atomic E-state index is -0.231. The Labute approximate surface area is 161 Å². The third-order valence-corrected chi connectivity index (χ3v) is 4.94. The number of nitrogens with one attached hydrogen (secondary N) is 1. The van der Waals surface area contributed by atoms with E-state index < -0.39 is 0 Å². The number of carbonyl (C=O) groups is 2. The Balaban J connectivity index is 1.50. The second kappa shape index (κ2) is 9.29. The number of carbonyl (C=O) groups excluding carboxylic acids is 2. The lowest BCUT2D eigenvalue weighted by molar-refractivity contribution is -0.137. The number of hydrogen-bond donors (Lipinski definition) is 1. The van der Waals surface area contributed by atoms with Gasteiger partial charge in [0.25, 0.3) is 11.8 Å². The lowest BCUT2D eigenvalue weighted by Gasteiger charge is -2.26. The molecule has 1 N–H and O–H groups in total. The Morgan fingerprint density at radius 1 is 1.22 bits per heavy atom. The van der Waals surface area contributed by atoms with Crippen LogP contribution >= 0.6 is 11.3 Å². The zero-order valence-electron chi connectivity index (χ0n) is 15.0. The smallest absolute Gasteiger partial charge is 0.281 e. The summed E-state index contributed by atoms with van der Waals surface area (Å²) in [6, 6.07) is 10.8. The maximum atomic E-state index is 12.1. The van der Waals surface area contributed by atoms with Crippen molar-refractivity contribution in [2.45, 2.75) is 6.92 Å². The summed E-state index contributed by atoms with van der Waals surface area (Å²) in [7, 11) is 0. The molecule has 1 aliphatic rings. The molecule has 0 saturated carbocycles. The predicted octanol–water partition coefficient (Wildman–Crippen LogP) is 2.14. The van der Waals surface area contributed by atoms with Crippen LogP contribution < -0.4 is 10.2 Å². The molecule has 1 fully saturated rings. The number of rotatable bonds is 6. The van der Waals surface area contributed by atoms with Crippen molar-refractivity contribution in [3.8, 4) is 5.75 Å². The summed E-state index contributed by atoms with van der Waals surface area (Å²) >= 11 is 1.36. The molecule has 1 aliphatic heterocycles. The highest BCUT2D eigenvalue weighted by molar-refractivity contribution is 7.12. The fourth-order valence-electron chi connectivity index (χ4n) is 2.50. The van der Waals surface area contributed by atoms with Crippen LogP contribution in [0.1, 0.15) is 22.2 Å². The van der Waals surface area contributed by atoms with Gasteiger partial charge in [-0.05, 0) is 48.2 Å². The number of amides is 2. The molecule has 1 aromatic heterocycles. The fraction of sp³-hybridized carbons (Fsp3) is 0.316. The number of hydrogen-bond acceptors (Lipinski definition) is 6. The minimum absolute atomic E-state index is 0.00326. The molecule has 0 aliphatic carbocycles. The van der Waals surface area contributed by atoms with Crippen LogP contribution in [0.15, 0.2) is 46.9 Å². The van der Waals surface area contributed by atoms with Crippen LogP contribution in [0.25, 0.3) is 0 Å². The van der Waals surface area contributed by atoms with E-state index in [1.54, 1.807) is 23.1 Å². The van der Waals surface area contributed by atoms with Gasteiger partial charge in [-0.15, -0.1) is 11.3 Å². The van der Waals surface area contributed by atoms with Gasteiger partial charge < -0.3 is 14.4 Å². The first-order valence-electron chi connectivity index (χ1n) is 8.60. The van der Waals surface area contributed by atoms with Crippen molar-refractivity contribution >= 4 is 28.9 Å². The molecule has 8 heteroatoms. The molecule has 3 rings (SSSR count). The van der Waals surface area contributed by atoms with E-state index in [4.69, 9.17) is 9.47 Å². The molecule has 0 bridgehead atoms. The van der Waals surface area contributed by atoms with E-state index in [9.17, 15) is 9.59 Å². The van der Waals surface area contributed by atoms with Gasteiger partial charge in [0, 0.05) is 13.1 Å². The van der Waals surface area contributed by atoms with Gasteiger partial charge in [-0.2, -0.15) is 5.10 Å². The summed E-state index contributed by atoms with van der Waals surface area (Å²) in [5, 5.41) is 5.97. The highest BCUT2D eigenvalue weighted by atomic mass is 32.1. The average Bonchev–Trinajstić information content (AvgIpc) is 3.26. The lowest BCUT2D eigenvalue weighted by atomic mass is 10.1. The normalized spacial score (nSPS) is 14.7. The quantitative estimate of drug-likeness (QED) is 0.608. The number of nitrogens with zero attached hydrogens (tertiary/aromatic N) is 2. The fourth-order valence-corrected chi connectivity index (χ4v) is 3.12. The largest absolute Gasteiger partial charge is 0.484 e. The maximum Gasteiger partial charge on any atom is 0.281 e. The van der Waals surface area contributed by atoms with E-state index in [1.165, 1.54) is 11.3 Å². The molecule has 7 nitrogen and oxygen atoms in total. The molecule has 0 spiro atoms. The van der Waals surface area contributed by atoms with Crippen molar-refractivity contribution in [3.05, 3.63) is 52.2 Å². The number of ether oxygens (including phenoxy) is 2. The van der Waals surface area contributed by atoms with Crippen LogP contribution in [-0.2, 0) is 9.53 Å². The van der Waals surface area contributed by atoms with Gasteiger partial charge in [-0.1, -0.05) is 6.07 Å². The van der Waals surface area contributed by atoms with Crippen molar-refractivity contribution < 1.29 is 19.1 Å². The van der Waals surface area contributed by atoms with Gasteiger partial charge in [0.1, 0.15) is 5.75 Å². The summed E-state index contributed by atoms with van der Waals surface area (Å²) in [6.45, 7) is 4.17. The van der Waals surface area contributed by atoms with Crippen LogP contribution in [0.4, 0.5) is 0 Å². The van der Waals surface area contributed by atoms with Crippen LogP contribution in [0.5, 0.6) is 5.75 Å². The Kier molecular flexibility index (Phi) is 6.56. The molecule has 1 aromatic carbocycles. The first-order valence-corrected chi connectivity index (χ1v) is 9.48. The van der Waals surface area contributed by atoms with Gasteiger partial charge in [-0.3, -0.25) is 9.59 Å². The highest BCUT2D eigenvalue weighted by Crippen LogP contribution is 2.13. The summed E-state index contributed by atoms with van der Waals surface area (Å²) < 4.78 is 10.8. The summed E-state index contributed by atoms with van der Waals surface area (Å²) in [5.41, 5.74) is 4.07. The minimum Gasteiger partial charge on any atom is -0.484 e. The average molecular weight is 387 g/mol. The Morgan fingerprint density at radius 2 is 1.96 bits per heavy atom. The molecule has 2 amide bonds. The van der Waals surface area contributed by atoms with Gasteiger partial charge in [0.05, 0.1) is 23.8 Å². The predicted molar refractivity (Wildman–Crippen MR) is 103 cm³/mol. The molecule has 1 saturated heterocycles. The zero-order valence-corrected chi connectivity index (χ0v) is 15.8. The first kappa shape index (κ1) is 19.1. The summed E-state index contributed by atoms with van der Waals surface area (Å²) in [6.07, 6.45) is 0. The second-order valence-electron chi connectivity index (χ2n) is 5.92. The first-order chi connectivity index (χ1) is 13.1. The Hall–Kier alpha value is -2.71. The molecule has 2 heterocycles. The zero-order chi connectivity index (χ0) is 19.1. The van der Waals surface area contributed by atoms with Crippen LogP contribution in [0.3, 0.4) is 0 Å².